The van der Waals surface area contributed by atoms with Crippen molar-refractivity contribution in [2.45, 2.75) is 91.3 Å². The summed E-state index contributed by atoms with van der Waals surface area (Å²) in [6, 6.07) is 0. The first-order chi connectivity index (χ1) is 15.7. The Morgan fingerprint density at radius 1 is 1.33 bits per heavy atom. The van der Waals surface area contributed by atoms with Gasteiger partial charge in [-0.1, -0.05) is 81.2 Å². The zero-order chi connectivity index (χ0) is 23.8. The molecule has 0 aromatic carbocycles. The maximum Gasteiger partial charge on any atom is 0.315 e. The third-order valence-corrected chi connectivity index (χ3v) is 11.9. The van der Waals surface area contributed by atoms with Gasteiger partial charge in [-0.3, -0.25) is 4.79 Å². The molecular formula is C28H41IO4. The maximum absolute atomic E-state index is 13.7. The number of ether oxygens (including phenoxy) is 1. The third kappa shape index (κ3) is 2.78. The van der Waals surface area contributed by atoms with Gasteiger partial charge >= 0.3 is 5.97 Å². The van der Waals surface area contributed by atoms with Crippen LogP contribution in [0.1, 0.15) is 79.1 Å². The fourth-order valence-electron chi connectivity index (χ4n) is 9.92. The van der Waals surface area contributed by atoms with E-state index in [1.54, 1.807) is 0 Å². The summed E-state index contributed by atoms with van der Waals surface area (Å²) in [6.45, 7) is 8.82. The molecule has 4 bridgehead atoms. The number of rotatable bonds is 8. The number of aldehydes is 1. The molecule has 0 radical (unpaired) electrons. The fraction of sp³-hybridized carbons (Fsp3) is 0.857. The Labute approximate surface area is 212 Å². The normalized spacial score (nSPS) is 50.0. The van der Waals surface area contributed by atoms with Crippen molar-refractivity contribution in [3.63, 3.8) is 0 Å². The number of fused-ring (bicyclic) bond motifs is 2. The predicted octanol–water partition coefficient (Wildman–Crippen LogP) is 6.31. The van der Waals surface area contributed by atoms with Crippen LogP contribution in [-0.4, -0.2) is 34.0 Å². The molecule has 3 saturated carbocycles. The van der Waals surface area contributed by atoms with Crippen molar-refractivity contribution >= 4 is 34.8 Å². The van der Waals surface area contributed by atoms with Gasteiger partial charge in [0.25, 0.3) is 0 Å². The molecule has 4 fully saturated rings. The number of alkyl halides is 1. The maximum atomic E-state index is 13.7. The molecule has 1 heterocycles. The second-order valence-corrected chi connectivity index (χ2v) is 13.2. The molecule has 0 amide bonds. The largest absolute Gasteiger partial charge is 0.481 e. The Kier molecular flexibility index (Phi) is 6.12. The van der Waals surface area contributed by atoms with Crippen LogP contribution < -0.4 is 0 Å². The molecule has 5 rings (SSSR count). The van der Waals surface area contributed by atoms with Crippen molar-refractivity contribution < 1.29 is 19.4 Å². The predicted molar refractivity (Wildman–Crippen MR) is 137 cm³/mol. The molecular weight excluding hydrogens is 527 g/mol. The van der Waals surface area contributed by atoms with Gasteiger partial charge in [-0.2, -0.15) is 0 Å². The lowest BCUT2D eigenvalue weighted by Crippen LogP contribution is -2.65. The lowest BCUT2D eigenvalue weighted by molar-refractivity contribution is -0.196. The number of hydrogen-bond donors (Lipinski definition) is 1. The Hall–Kier alpha value is -0.430. The van der Waals surface area contributed by atoms with Gasteiger partial charge < -0.3 is 14.6 Å². The van der Waals surface area contributed by atoms with E-state index in [1.807, 2.05) is 0 Å². The van der Waals surface area contributed by atoms with Crippen molar-refractivity contribution in [1.82, 2.24) is 0 Å². The molecule has 0 aromatic rings. The number of aliphatic carboxylic acids is 1. The number of carboxylic acids is 1. The summed E-state index contributed by atoms with van der Waals surface area (Å²) in [5.41, 5.74) is -1.34. The van der Waals surface area contributed by atoms with Crippen molar-refractivity contribution in [3.8, 4) is 0 Å². The number of carbonyl (C=O) groups excluding carboxylic acids is 1. The summed E-state index contributed by atoms with van der Waals surface area (Å²) in [6.07, 6.45) is 11.8. The number of halogens is 1. The van der Waals surface area contributed by atoms with E-state index in [4.69, 9.17) is 4.74 Å². The minimum absolute atomic E-state index is 0.0664. The summed E-state index contributed by atoms with van der Waals surface area (Å²) in [5, 5.41) is 11.2. The lowest BCUT2D eigenvalue weighted by Gasteiger charge is -2.60. The summed E-state index contributed by atoms with van der Waals surface area (Å²) in [5.74, 6) is 1.19. The van der Waals surface area contributed by atoms with Crippen LogP contribution >= 0.6 is 22.6 Å². The molecule has 0 aromatic heterocycles. The average Bonchev–Trinajstić information content (AvgIpc) is 3.50. The molecule has 1 saturated heterocycles. The van der Waals surface area contributed by atoms with Crippen LogP contribution in [0.2, 0.25) is 0 Å². The third-order valence-electron chi connectivity index (χ3n) is 11.0. The highest BCUT2D eigenvalue weighted by Gasteiger charge is 2.86. The molecule has 7 unspecified atom stereocenters. The Balaban J connectivity index is 1.69. The molecule has 4 aliphatic carbocycles. The van der Waals surface area contributed by atoms with Crippen LogP contribution in [0, 0.1) is 51.8 Å². The monoisotopic (exact) mass is 568 g/mol. The SMILES string of the molecule is CCCCC1CC(C23C[C@@H]4[C@H](C)CC[C@H]4C4(C=O)CC2C=C(C(C)C)C34C(=O)O)OC1CI. The van der Waals surface area contributed by atoms with Crippen LogP contribution in [0.3, 0.4) is 0 Å². The first-order valence-electron chi connectivity index (χ1n) is 13.4. The van der Waals surface area contributed by atoms with Crippen LogP contribution in [-0.2, 0) is 14.3 Å². The van der Waals surface area contributed by atoms with Crippen LogP contribution in [0.5, 0.6) is 0 Å². The van der Waals surface area contributed by atoms with Crippen molar-refractivity contribution in [1.29, 1.82) is 0 Å². The van der Waals surface area contributed by atoms with E-state index in [0.717, 1.165) is 48.4 Å². The van der Waals surface area contributed by atoms with Gasteiger partial charge in [0, 0.05) is 9.84 Å². The van der Waals surface area contributed by atoms with Gasteiger partial charge in [-0.15, -0.1) is 0 Å². The summed E-state index contributed by atoms with van der Waals surface area (Å²) < 4.78 is 7.87. The fourth-order valence-corrected chi connectivity index (χ4v) is 10.8. The molecule has 0 spiro atoms. The smallest absolute Gasteiger partial charge is 0.315 e. The molecule has 1 N–H and O–H groups in total. The van der Waals surface area contributed by atoms with Gasteiger partial charge in [-0.25, -0.2) is 0 Å². The highest BCUT2D eigenvalue weighted by atomic mass is 127. The molecule has 184 valence electrons. The molecule has 33 heavy (non-hydrogen) atoms. The topological polar surface area (TPSA) is 63.6 Å². The zero-order valence-electron chi connectivity index (χ0n) is 20.7. The summed E-state index contributed by atoms with van der Waals surface area (Å²) >= 11 is 2.45. The molecule has 4 nitrogen and oxygen atoms in total. The van der Waals surface area contributed by atoms with Crippen molar-refractivity contribution in [2.24, 2.45) is 51.8 Å². The van der Waals surface area contributed by atoms with Gasteiger partial charge in [-0.05, 0) is 67.6 Å². The number of allylic oxidation sites excluding steroid dienone is 1. The highest BCUT2D eigenvalue weighted by Crippen LogP contribution is 2.84. The van der Waals surface area contributed by atoms with Crippen LogP contribution in [0.15, 0.2) is 11.6 Å². The molecule has 1 aliphatic heterocycles. The van der Waals surface area contributed by atoms with Crippen molar-refractivity contribution in [3.05, 3.63) is 11.6 Å². The minimum atomic E-state index is -1.11. The van der Waals surface area contributed by atoms with E-state index >= 15 is 0 Å². The second-order valence-electron chi connectivity index (χ2n) is 12.3. The van der Waals surface area contributed by atoms with E-state index in [-0.39, 0.29) is 30.0 Å². The van der Waals surface area contributed by atoms with Gasteiger partial charge in [0.05, 0.1) is 17.6 Å². The molecule has 5 aliphatic rings. The van der Waals surface area contributed by atoms with E-state index in [0.29, 0.717) is 24.2 Å². The Morgan fingerprint density at radius 2 is 2.09 bits per heavy atom. The van der Waals surface area contributed by atoms with Crippen LogP contribution in [0.4, 0.5) is 0 Å². The lowest BCUT2D eigenvalue weighted by atomic mass is 9.41. The minimum Gasteiger partial charge on any atom is -0.481 e. The molecule has 5 heteroatoms. The summed E-state index contributed by atoms with van der Waals surface area (Å²) in [4.78, 5) is 26.9. The number of hydrogen-bond acceptors (Lipinski definition) is 3. The number of unbranched alkanes of at least 4 members (excludes halogenated alkanes) is 1. The highest BCUT2D eigenvalue weighted by molar-refractivity contribution is 14.1. The average molecular weight is 569 g/mol. The first kappa shape index (κ1) is 24.3. The van der Waals surface area contributed by atoms with Gasteiger partial charge in [0.1, 0.15) is 11.7 Å². The van der Waals surface area contributed by atoms with E-state index in [2.05, 4.69) is 56.4 Å². The molecule has 10 atom stereocenters. The number of carbonyl (C=O) groups is 2. The Bertz CT molecular complexity index is 853. The van der Waals surface area contributed by atoms with Gasteiger partial charge in [0.15, 0.2) is 0 Å². The zero-order valence-corrected chi connectivity index (χ0v) is 22.8. The number of carboxylic acid groups (broad SMARTS) is 1. The summed E-state index contributed by atoms with van der Waals surface area (Å²) in [7, 11) is 0. The standard InChI is InChI=1S/C28H41IO4/c1-5-6-7-18-10-24(33-23(18)14-29)27-13-20-17(4)8-9-21(20)26(15-30)12-19(27)11-22(16(2)3)28(26,27)25(31)32/h11,15-21,23-24H,5-10,12-14H2,1-4H3,(H,31,32)/t17-,18?,19?,20-,21-,23?,24?,26?,27?,28?/m1/s1. The Morgan fingerprint density at radius 3 is 2.70 bits per heavy atom. The van der Waals surface area contributed by atoms with Crippen molar-refractivity contribution in [2.75, 3.05) is 4.43 Å². The quantitative estimate of drug-likeness (QED) is 0.161. The van der Waals surface area contributed by atoms with Crippen LogP contribution in [0.25, 0.3) is 0 Å². The van der Waals surface area contributed by atoms with E-state index in [9.17, 15) is 14.7 Å². The first-order valence-corrected chi connectivity index (χ1v) is 14.9. The second kappa shape index (κ2) is 8.31. The van der Waals surface area contributed by atoms with E-state index < -0.39 is 22.2 Å². The van der Waals surface area contributed by atoms with Gasteiger partial charge in [0.2, 0.25) is 0 Å². The van der Waals surface area contributed by atoms with E-state index in [1.165, 1.54) is 12.8 Å².